The van der Waals surface area contributed by atoms with Crippen LogP contribution in [0.1, 0.15) is 31.2 Å². The van der Waals surface area contributed by atoms with E-state index in [-0.39, 0.29) is 0 Å². The van der Waals surface area contributed by atoms with Crippen LogP contribution in [-0.2, 0) is 0 Å². The maximum atomic E-state index is 6.30. The maximum Gasteiger partial charge on any atom is 0.138 e. The van der Waals surface area contributed by atoms with Crippen LogP contribution in [0.5, 0.6) is 11.5 Å². The maximum absolute atomic E-state index is 6.30. The number of nitrogens with two attached hydrogens (primary N) is 1. The van der Waals surface area contributed by atoms with Crippen molar-refractivity contribution in [2.24, 2.45) is 10.7 Å². The molecule has 0 radical (unpaired) electrons. The van der Waals surface area contributed by atoms with Gasteiger partial charge in [0.1, 0.15) is 23.2 Å². The highest BCUT2D eigenvalue weighted by atomic mass is 35.5. The van der Waals surface area contributed by atoms with Crippen molar-refractivity contribution >= 4 is 39.4 Å². The standard InChI is InChI=1S/C28H24ClN5O/c29-19-8-11-22-24(16-19)31-14-13-26(22)35-21-9-5-17(6-10-21)28-33-23-12-7-18(15-25(23)34-28)27(30)32-20-3-1-2-4-20/h5-16,20H,1-4H2,(H2,30,32)(H,33,34). The Labute approximate surface area is 207 Å². The van der Waals surface area contributed by atoms with E-state index in [0.29, 0.717) is 16.9 Å². The van der Waals surface area contributed by atoms with Gasteiger partial charge >= 0.3 is 0 Å². The molecule has 0 spiro atoms. The number of rotatable bonds is 5. The van der Waals surface area contributed by atoms with Crippen molar-refractivity contribution < 1.29 is 4.74 Å². The molecule has 174 valence electrons. The molecule has 5 aromatic rings. The number of hydrogen-bond donors (Lipinski definition) is 2. The van der Waals surface area contributed by atoms with E-state index in [2.05, 4.69) is 9.97 Å². The van der Waals surface area contributed by atoms with Crippen LogP contribution in [0.25, 0.3) is 33.3 Å². The summed E-state index contributed by atoms with van der Waals surface area (Å²) in [6.45, 7) is 0. The predicted octanol–water partition coefficient (Wildman–Crippen LogP) is 6.87. The van der Waals surface area contributed by atoms with E-state index in [9.17, 15) is 0 Å². The Bertz CT molecular complexity index is 1550. The van der Waals surface area contributed by atoms with Crippen LogP contribution in [0.15, 0.2) is 77.9 Å². The van der Waals surface area contributed by atoms with Gasteiger partial charge in [0.25, 0.3) is 0 Å². The van der Waals surface area contributed by atoms with Crippen molar-refractivity contribution in [2.45, 2.75) is 31.7 Å². The van der Waals surface area contributed by atoms with Crippen LogP contribution in [0, 0.1) is 0 Å². The van der Waals surface area contributed by atoms with Gasteiger partial charge in [-0.1, -0.05) is 24.4 Å². The fourth-order valence-corrected chi connectivity index (χ4v) is 4.77. The summed E-state index contributed by atoms with van der Waals surface area (Å²) in [6, 6.07) is 21.6. The number of aromatic amines is 1. The molecule has 2 heterocycles. The number of aromatic nitrogens is 3. The summed E-state index contributed by atoms with van der Waals surface area (Å²) in [7, 11) is 0. The highest BCUT2D eigenvalue weighted by Gasteiger charge is 2.15. The van der Waals surface area contributed by atoms with Gasteiger partial charge in [-0.2, -0.15) is 0 Å². The summed E-state index contributed by atoms with van der Waals surface area (Å²) in [5.74, 6) is 2.85. The monoisotopic (exact) mass is 481 g/mol. The molecule has 1 aliphatic rings. The van der Waals surface area contributed by atoms with Crippen LogP contribution < -0.4 is 10.5 Å². The summed E-state index contributed by atoms with van der Waals surface area (Å²) in [6.07, 6.45) is 6.45. The second-order valence-electron chi connectivity index (χ2n) is 8.87. The number of ether oxygens (including phenoxy) is 1. The number of pyridine rings is 1. The average Bonchev–Trinajstić information content (AvgIpc) is 3.54. The lowest BCUT2D eigenvalue weighted by molar-refractivity contribution is 0.488. The topological polar surface area (TPSA) is 89.2 Å². The molecule has 0 saturated heterocycles. The molecule has 0 amide bonds. The molecule has 0 bridgehead atoms. The molecule has 1 saturated carbocycles. The van der Waals surface area contributed by atoms with E-state index in [1.807, 2.05) is 66.7 Å². The molecule has 6 nitrogen and oxygen atoms in total. The highest BCUT2D eigenvalue weighted by molar-refractivity contribution is 6.31. The van der Waals surface area contributed by atoms with E-state index in [4.69, 9.17) is 32.0 Å². The molecule has 7 heteroatoms. The van der Waals surface area contributed by atoms with Gasteiger partial charge in [-0.05, 0) is 79.6 Å². The van der Waals surface area contributed by atoms with Crippen LogP contribution >= 0.6 is 11.6 Å². The number of halogens is 1. The summed E-state index contributed by atoms with van der Waals surface area (Å²) in [5.41, 5.74) is 10.8. The predicted molar refractivity (Wildman–Crippen MR) is 141 cm³/mol. The van der Waals surface area contributed by atoms with Gasteiger partial charge in [0.05, 0.1) is 22.6 Å². The van der Waals surface area contributed by atoms with Crippen molar-refractivity contribution in [1.82, 2.24) is 15.0 Å². The molecule has 35 heavy (non-hydrogen) atoms. The van der Waals surface area contributed by atoms with Crippen molar-refractivity contribution in [2.75, 3.05) is 0 Å². The Balaban J connectivity index is 1.24. The molecule has 1 fully saturated rings. The first-order valence-corrected chi connectivity index (χ1v) is 12.2. The van der Waals surface area contributed by atoms with Gasteiger partial charge in [-0.25, -0.2) is 4.98 Å². The van der Waals surface area contributed by atoms with E-state index in [1.165, 1.54) is 12.8 Å². The fraction of sp³-hybridized carbons (Fsp3) is 0.179. The minimum Gasteiger partial charge on any atom is -0.457 e. The van der Waals surface area contributed by atoms with Gasteiger partial charge in [0.2, 0.25) is 0 Å². The molecular formula is C28H24ClN5O. The summed E-state index contributed by atoms with van der Waals surface area (Å²) < 4.78 is 6.14. The Kier molecular flexibility index (Phi) is 5.58. The quantitative estimate of drug-likeness (QED) is 0.211. The smallest absolute Gasteiger partial charge is 0.138 e. The average molecular weight is 482 g/mol. The van der Waals surface area contributed by atoms with Crippen LogP contribution in [0.3, 0.4) is 0 Å². The number of fused-ring (bicyclic) bond motifs is 2. The lowest BCUT2D eigenvalue weighted by Crippen LogP contribution is -2.16. The number of H-pyrrole nitrogens is 1. The van der Waals surface area contributed by atoms with Crippen molar-refractivity contribution in [3.8, 4) is 22.9 Å². The Morgan fingerprint density at radius 3 is 2.63 bits per heavy atom. The molecule has 3 N–H and O–H groups in total. The SMILES string of the molecule is NC(=NC1CCCC1)c1ccc2nc(-c3ccc(Oc4ccnc5cc(Cl)ccc45)cc3)[nH]c2c1. The molecule has 0 atom stereocenters. The van der Waals surface area contributed by atoms with Gasteiger partial charge in [-0.3, -0.25) is 9.98 Å². The number of amidine groups is 1. The van der Waals surface area contributed by atoms with Gasteiger partial charge in [0, 0.05) is 27.7 Å². The Morgan fingerprint density at radius 1 is 0.971 bits per heavy atom. The molecule has 1 aliphatic carbocycles. The zero-order valence-corrected chi connectivity index (χ0v) is 19.8. The lowest BCUT2D eigenvalue weighted by atomic mass is 10.1. The molecule has 6 rings (SSSR count). The van der Waals surface area contributed by atoms with E-state index < -0.39 is 0 Å². The molecular weight excluding hydrogens is 458 g/mol. The molecule has 3 aromatic carbocycles. The molecule has 0 unspecified atom stereocenters. The van der Waals surface area contributed by atoms with E-state index in [1.54, 1.807) is 6.20 Å². The van der Waals surface area contributed by atoms with Gasteiger partial charge in [-0.15, -0.1) is 0 Å². The number of aliphatic imine (C=N–C) groups is 1. The summed E-state index contributed by atoms with van der Waals surface area (Å²) in [4.78, 5) is 17.3. The third-order valence-corrected chi connectivity index (χ3v) is 6.68. The molecule has 0 aliphatic heterocycles. The Hall–Kier alpha value is -3.90. The van der Waals surface area contributed by atoms with Crippen molar-refractivity contribution in [3.63, 3.8) is 0 Å². The van der Waals surface area contributed by atoms with Crippen molar-refractivity contribution in [3.05, 3.63) is 83.5 Å². The van der Waals surface area contributed by atoms with Crippen LogP contribution in [-0.4, -0.2) is 26.8 Å². The Morgan fingerprint density at radius 2 is 1.80 bits per heavy atom. The number of benzene rings is 3. The first-order valence-electron chi connectivity index (χ1n) is 11.8. The summed E-state index contributed by atoms with van der Waals surface area (Å²) >= 11 is 6.09. The highest BCUT2D eigenvalue weighted by Crippen LogP contribution is 2.31. The second kappa shape index (κ2) is 9.04. The number of imidazole rings is 1. The normalized spacial score (nSPS) is 14.7. The zero-order valence-electron chi connectivity index (χ0n) is 19.0. The van der Waals surface area contributed by atoms with E-state index >= 15 is 0 Å². The van der Waals surface area contributed by atoms with Crippen LogP contribution in [0.4, 0.5) is 0 Å². The largest absolute Gasteiger partial charge is 0.457 e. The summed E-state index contributed by atoms with van der Waals surface area (Å²) in [5, 5.41) is 1.55. The first-order chi connectivity index (χ1) is 17.1. The third kappa shape index (κ3) is 4.45. The number of nitrogens with zero attached hydrogens (tertiary/aromatic N) is 3. The zero-order chi connectivity index (χ0) is 23.8. The number of hydrogen-bond acceptors (Lipinski definition) is 4. The van der Waals surface area contributed by atoms with Gasteiger partial charge < -0.3 is 15.5 Å². The fourth-order valence-electron chi connectivity index (χ4n) is 4.60. The van der Waals surface area contributed by atoms with Crippen molar-refractivity contribution in [1.29, 1.82) is 0 Å². The van der Waals surface area contributed by atoms with Crippen LogP contribution in [0.2, 0.25) is 5.02 Å². The van der Waals surface area contributed by atoms with Gasteiger partial charge in [0.15, 0.2) is 0 Å². The third-order valence-electron chi connectivity index (χ3n) is 6.44. The minimum absolute atomic E-state index is 0.353. The minimum atomic E-state index is 0.353. The second-order valence-corrected chi connectivity index (χ2v) is 9.30. The first kappa shape index (κ1) is 21.6. The lowest BCUT2D eigenvalue weighted by Gasteiger charge is -2.09. The molecule has 2 aromatic heterocycles. The van der Waals surface area contributed by atoms with E-state index in [0.717, 1.165) is 63.2 Å². The number of nitrogens with one attached hydrogen (secondary N) is 1.